The number of rotatable bonds is 1. The molecule has 2 nitrogen and oxygen atoms in total. The number of allylic oxidation sites excluding steroid dienone is 1. The lowest BCUT2D eigenvalue weighted by Gasteiger charge is -1.68. The van der Waals surface area contributed by atoms with Gasteiger partial charge in [-0.1, -0.05) is 6.08 Å². The minimum Gasteiger partial charge on any atom is -0.478 e. The van der Waals surface area contributed by atoms with Crippen LogP contribution in [0.25, 0.3) is 0 Å². The van der Waals surface area contributed by atoms with Crippen molar-refractivity contribution in [2.24, 2.45) is 0 Å². The number of hydrogen-bond acceptors (Lipinski definition) is 1. The third kappa shape index (κ3) is 3.21. The van der Waals surface area contributed by atoms with Gasteiger partial charge < -0.3 is 5.11 Å². The fourth-order valence-corrected chi connectivity index (χ4v) is 0.123. The van der Waals surface area contributed by atoms with E-state index in [9.17, 15) is 4.79 Å². The van der Waals surface area contributed by atoms with Crippen molar-refractivity contribution in [3.05, 3.63) is 12.1 Å². The van der Waals surface area contributed by atoms with Gasteiger partial charge in [-0.3, -0.25) is 0 Å². The average molecular weight is 87.1 g/mol. The predicted molar refractivity (Wildman–Crippen MR) is 22.4 cm³/mol. The SMILES string of the molecule is [2H]C(=CC)C(=O)O. The maximum atomic E-state index is 9.67. The van der Waals surface area contributed by atoms with Gasteiger partial charge in [0.15, 0.2) is 0 Å². The molecule has 0 radical (unpaired) electrons. The van der Waals surface area contributed by atoms with Crippen LogP contribution in [0.4, 0.5) is 0 Å². The average Bonchev–Trinajstić information content (AvgIpc) is 1.65. The number of aliphatic carboxylic acids is 1. The van der Waals surface area contributed by atoms with E-state index < -0.39 is 5.97 Å². The van der Waals surface area contributed by atoms with Crippen molar-refractivity contribution in [2.45, 2.75) is 6.92 Å². The topological polar surface area (TPSA) is 37.3 Å². The zero-order valence-electron chi connectivity index (χ0n) is 4.43. The van der Waals surface area contributed by atoms with Crippen molar-refractivity contribution in [3.63, 3.8) is 0 Å². The van der Waals surface area contributed by atoms with E-state index in [0.29, 0.717) is 0 Å². The molecule has 2 heteroatoms. The Morgan fingerprint density at radius 2 is 2.67 bits per heavy atom. The van der Waals surface area contributed by atoms with Crippen molar-refractivity contribution in [3.8, 4) is 0 Å². The zero-order chi connectivity index (χ0) is 5.86. The molecule has 0 saturated heterocycles. The molecule has 0 saturated carbocycles. The van der Waals surface area contributed by atoms with Crippen LogP contribution >= 0.6 is 0 Å². The van der Waals surface area contributed by atoms with Crippen molar-refractivity contribution >= 4 is 5.97 Å². The molecular weight excluding hydrogens is 80.0 g/mol. The minimum absolute atomic E-state index is 0.361. The van der Waals surface area contributed by atoms with Gasteiger partial charge in [-0.15, -0.1) is 0 Å². The largest absolute Gasteiger partial charge is 0.478 e. The molecule has 0 aromatic carbocycles. The van der Waals surface area contributed by atoms with Crippen LogP contribution in [0.5, 0.6) is 0 Å². The van der Waals surface area contributed by atoms with Gasteiger partial charge in [-0.05, 0) is 6.92 Å². The maximum absolute atomic E-state index is 9.67. The molecule has 0 fully saturated rings. The third-order valence-corrected chi connectivity index (χ3v) is 0.268. The Labute approximate surface area is 37.5 Å². The zero-order valence-corrected chi connectivity index (χ0v) is 3.43. The van der Waals surface area contributed by atoms with Gasteiger partial charge in [0.2, 0.25) is 0 Å². The Morgan fingerprint density at radius 3 is 2.67 bits per heavy atom. The summed E-state index contributed by atoms with van der Waals surface area (Å²) >= 11 is 0. The number of carbonyl (C=O) groups is 1. The van der Waals surface area contributed by atoms with Crippen LogP contribution in [-0.2, 0) is 4.79 Å². The van der Waals surface area contributed by atoms with Gasteiger partial charge in [0, 0.05) is 6.05 Å². The highest BCUT2D eigenvalue weighted by molar-refractivity contribution is 5.79. The van der Waals surface area contributed by atoms with Crippen molar-refractivity contribution in [1.82, 2.24) is 0 Å². The molecule has 0 rings (SSSR count). The van der Waals surface area contributed by atoms with Gasteiger partial charge >= 0.3 is 5.97 Å². The van der Waals surface area contributed by atoms with Crippen LogP contribution in [0.3, 0.4) is 0 Å². The molecule has 0 aliphatic heterocycles. The summed E-state index contributed by atoms with van der Waals surface area (Å²) in [5.74, 6) is -1.18. The van der Waals surface area contributed by atoms with E-state index >= 15 is 0 Å². The Kier molecular flexibility index (Phi) is 1.39. The van der Waals surface area contributed by atoms with E-state index in [0.717, 1.165) is 0 Å². The molecule has 0 atom stereocenters. The molecule has 1 N–H and O–H groups in total. The Bertz CT molecular complexity index is 106. The quantitative estimate of drug-likeness (QED) is 0.477. The summed E-state index contributed by atoms with van der Waals surface area (Å²) in [7, 11) is 0. The van der Waals surface area contributed by atoms with Crippen LogP contribution < -0.4 is 0 Å². The molecule has 6 heavy (non-hydrogen) atoms. The molecular formula is C4H6O2. The van der Waals surface area contributed by atoms with Crippen LogP contribution in [0.15, 0.2) is 12.1 Å². The van der Waals surface area contributed by atoms with Crippen molar-refractivity contribution < 1.29 is 11.3 Å². The standard InChI is InChI=1S/C4H6O2/c1-2-3-4(5)6/h2-3H,1H3,(H,5,6)/i3D. The molecule has 0 aromatic rings. The molecule has 0 spiro atoms. The normalized spacial score (nSPS) is 13.5. The lowest BCUT2D eigenvalue weighted by Crippen LogP contribution is -1.83. The molecule has 0 aliphatic rings. The summed E-state index contributed by atoms with van der Waals surface area (Å²) in [5.41, 5.74) is 0. The van der Waals surface area contributed by atoms with Gasteiger partial charge in [0.25, 0.3) is 0 Å². The first-order valence-corrected chi connectivity index (χ1v) is 1.54. The van der Waals surface area contributed by atoms with E-state index in [4.69, 9.17) is 6.48 Å². The number of carboxylic acids is 1. The summed E-state index contributed by atoms with van der Waals surface area (Å²) in [6.45, 7) is 1.51. The van der Waals surface area contributed by atoms with Gasteiger partial charge in [0.1, 0.15) is 0 Å². The Balaban J connectivity index is 3.82. The van der Waals surface area contributed by atoms with E-state index in [1.807, 2.05) is 0 Å². The van der Waals surface area contributed by atoms with E-state index in [1.54, 1.807) is 0 Å². The van der Waals surface area contributed by atoms with Gasteiger partial charge in [0.05, 0.1) is 1.37 Å². The van der Waals surface area contributed by atoms with E-state index in [1.165, 1.54) is 13.0 Å². The smallest absolute Gasteiger partial charge is 0.327 e. The first kappa shape index (κ1) is 3.40. The van der Waals surface area contributed by atoms with Gasteiger partial charge in [-0.25, -0.2) is 4.79 Å². The van der Waals surface area contributed by atoms with E-state index in [2.05, 4.69) is 0 Å². The first-order valence-electron chi connectivity index (χ1n) is 2.04. The first-order chi connectivity index (χ1) is 3.18. The molecule has 0 bridgehead atoms. The minimum atomic E-state index is -1.18. The summed E-state index contributed by atoms with van der Waals surface area (Å²) in [6.07, 6.45) is 1.22. The second-order valence-electron chi connectivity index (χ2n) is 0.738. The van der Waals surface area contributed by atoms with Crippen molar-refractivity contribution in [2.75, 3.05) is 0 Å². The summed E-state index contributed by atoms with van der Waals surface area (Å²) < 4.78 is 6.54. The Hall–Kier alpha value is -0.790. The summed E-state index contributed by atoms with van der Waals surface area (Å²) in [6, 6.07) is -0.361. The predicted octanol–water partition coefficient (Wildman–Crippen LogP) is 0.647. The van der Waals surface area contributed by atoms with Crippen LogP contribution in [0.2, 0.25) is 0 Å². The highest BCUT2D eigenvalue weighted by Crippen LogP contribution is 1.65. The lowest BCUT2D eigenvalue weighted by atomic mass is 10.5. The fourth-order valence-electron chi connectivity index (χ4n) is 0.123. The molecule has 0 aliphatic carbocycles. The van der Waals surface area contributed by atoms with Gasteiger partial charge in [-0.2, -0.15) is 0 Å². The van der Waals surface area contributed by atoms with E-state index in [-0.39, 0.29) is 6.05 Å². The van der Waals surface area contributed by atoms with Crippen LogP contribution in [0, 0.1) is 0 Å². The molecule has 34 valence electrons. The highest BCUT2D eigenvalue weighted by atomic mass is 16.4. The number of hydrogen-bond donors (Lipinski definition) is 1. The second-order valence-corrected chi connectivity index (χ2v) is 0.738. The molecule has 0 aromatic heterocycles. The van der Waals surface area contributed by atoms with Crippen LogP contribution in [-0.4, -0.2) is 11.1 Å². The summed E-state index contributed by atoms with van der Waals surface area (Å²) in [4.78, 5) is 9.67. The lowest BCUT2D eigenvalue weighted by molar-refractivity contribution is -0.131. The second kappa shape index (κ2) is 2.45. The molecule has 0 amide bonds. The highest BCUT2D eigenvalue weighted by Gasteiger charge is 1.76. The third-order valence-electron chi connectivity index (χ3n) is 0.268. The Morgan fingerprint density at radius 1 is 2.17 bits per heavy atom. The maximum Gasteiger partial charge on any atom is 0.327 e. The van der Waals surface area contributed by atoms with Crippen molar-refractivity contribution in [1.29, 1.82) is 0 Å². The molecule has 0 unspecified atom stereocenters. The monoisotopic (exact) mass is 87.0 g/mol. The summed E-state index contributed by atoms with van der Waals surface area (Å²) in [5, 5.41) is 7.93. The number of carboxylic acid groups (broad SMARTS) is 1. The fraction of sp³-hybridized carbons (Fsp3) is 0.250. The van der Waals surface area contributed by atoms with Crippen LogP contribution in [0.1, 0.15) is 8.29 Å². The molecule has 0 heterocycles.